The standard InChI is InChI=1S/C14H20N4O3/c1-21-13-10(4-2-6-16-13)8-17-12(19)11-5-3-7-18(9-11)14(15)20/h2,4,6,11H,3,5,7-9H2,1H3,(H2,15,20)(H,17,19)/t11-/m0/s1. The van der Waals surface area contributed by atoms with Crippen LogP contribution in [0.25, 0.3) is 0 Å². The summed E-state index contributed by atoms with van der Waals surface area (Å²) in [5, 5.41) is 2.87. The number of aromatic nitrogens is 1. The van der Waals surface area contributed by atoms with E-state index in [1.165, 1.54) is 4.90 Å². The Kier molecular flexibility index (Phi) is 4.97. The van der Waals surface area contributed by atoms with Gasteiger partial charge in [-0.3, -0.25) is 4.79 Å². The molecule has 1 saturated heterocycles. The molecule has 21 heavy (non-hydrogen) atoms. The summed E-state index contributed by atoms with van der Waals surface area (Å²) in [5.41, 5.74) is 6.08. The fourth-order valence-corrected chi connectivity index (χ4v) is 2.46. The number of methoxy groups -OCH3 is 1. The largest absolute Gasteiger partial charge is 0.481 e. The Labute approximate surface area is 123 Å². The molecule has 1 atom stereocenters. The molecular weight excluding hydrogens is 272 g/mol. The molecule has 0 bridgehead atoms. The van der Waals surface area contributed by atoms with Crippen LogP contribution in [0, 0.1) is 5.92 Å². The van der Waals surface area contributed by atoms with Crippen LogP contribution < -0.4 is 15.8 Å². The van der Waals surface area contributed by atoms with Crippen LogP contribution in [-0.4, -0.2) is 42.0 Å². The third-order valence-electron chi connectivity index (χ3n) is 3.60. The quantitative estimate of drug-likeness (QED) is 0.844. The number of amides is 3. The first-order valence-electron chi connectivity index (χ1n) is 6.91. The fraction of sp³-hybridized carbons (Fsp3) is 0.500. The van der Waals surface area contributed by atoms with Crippen LogP contribution >= 0.6 is 0 Å². The Morgan fingerprint density at radius 1 is 1.57 bits per heavy atom. The molecule has 1 aromatic rings. The molecule has 0 unspecified atom stereocenters. The van der Waals surface area contributed by atoms with Crippen molar-refractivity contribution in [1.29, 1.82) is 0 Å². The maximum absolute atomic E-state index is 12.2. The Morgan fingerprint density at radius 3 is 3.10 bits per heavy atom. The van der Waals surface area contributed by atoms with Crippen LogP contribution in [0.1, 0.15) is 18.4 Å². The molecule has 7 nitrogen and oxygen atoms in total. The molecule has 1 aliphatic heterocycles. The van der Waals surface area contributed by atoms with Crippen LogP contribution in [0.15, 0.2) is 18.3 Å². The van der Waals surface area contributed by atoms with Gasteiger partial charge in [0.05, 0.1) is 13.0 Å². The zero-order valence-corrected chi connectivity index (χ0v) is 12.0. The molecule has 0 saturated carbocycles. The highest BCUT2D eigenvalue weighted by molar-refractivity contribution is 5.80. The number of ether oxygens (including phenoxy) is 1. The van der Waals surface area contributed by atoms with E-state index in [1.54, 1.807) is 19.4 Å². The van der Waals surface area contributed by atoms with Crippen LogP contribution in [-0.2, 0) is 11.3 Å². The Balaban J connectivity index is 1.91. The van der Waals surface area contributed by atoms with Crippen molar-refractivity contribution in [2.45, 2.75) is 19.4 Å². The Hall–Kier alpha value is -2.31. The lowest BCUT2D eigenvalue weighted by molar-refractivity contribution is -0.126. The zero-order chi connectivity index (χ0) is 15.2. The number of carbonyl (C=O) groups excluding carboxylic acids is 2. The lowest BCUT2D eigenvalue weighted by Gasteiger charge is -2.30. The molecule has 2 heterocycles. The molecule has 1 aliphatic rings. The first kappa shape index (κ1) is 15.1. The second-order valence-corrected chi connectivity index (χ2v) is 5.01. The van der Waals surface area contributed by atoms with Crippen LogP contribution in [0.5, 0.6) is 5.88 Å². The van der Waals surface area contributed by atoms with Gasteiger partial charge in [0.25, 0.3) is 0 Å². The van der Waals surface area contributed by atoms with E-state index >= 15 is 0 Å². The average molecular weight is 292 g/mol. The van der Waals surface area contributed by atoms with Gasteiger partial charge in [-0.25, -0.2) is 9.78 Å². The van der Waals surface area contributed by atoms with Crippen molar-refractivity contribution in [3.63, 3.8) is 0 Å². The summed E-state index contributed by atoms with van der Waals surface area (Å²) in [4.78, 5) is 29.0. The maximum Gasteiger partial charge on any atom is 0.314 e. The fourth-order valence-electron chi connectivity index (χ4n) is 2.46. The number of urea groups is 1. The summed E-state index contributed by atoms with van der Waals surface area (Å²) < 4.78 is 5.14. The number of nitrogens with zero attached hydrogens (tertiary/aromatic N) is 2. The van der Waals surface area contributed by atoms with Gasteiger partial charge in [-0.2, -0.15) is 0 Å². The third kappa shape index (κ3) is 3.84. The molecule has 0 aromatic carbocycles. The van der Waals surface area contributed by atoms with E-state index in [0.29, 0.717) is 25.5 Å². The maximum atomic E-state index is 12.2. The summed E-state index contributed by atoms with van der Waals surface area (Å²) in [7, 11) is 1.54. The van der Waals surface area contributed by atoms with Crippen molar-refractivity contribution in [1.82, 2.24) is 15.2 Å². The Bertz CT molecular complexity index is 521. The monoisotopic (exact) mass is 292 g/mol. The summed E-state index contributed by atoms with van der Waals surface area (Å²) >= 11 is 0. The smallest absolute Gasteiger partial charge is 0.314 e. The molecule has 3 N–H and O–H groups in total. The van der Waals surface area contributed by atoms with E-state index in [2.05, 4.69) is 10.3 Å². The highest BCUT2D eigenvalue weighted by Crippen LogP contribution is 2.17. The number of rotatable bonds is 4. The first-order valence-corrected chi connectivity index (χ1v) is 6.91. The minimum atomic E-state index is -0.471. The van der Waals surface area contributed by atoms with Crippen molar-refractivity contribution in [3.05, 3.63) is 23.9 Å². The van der Waals surface area contributed by atoms with E-state index < -0.39 is 6.03 Å². The minimum Gasteiger partial charge on any atom is -0.481 e. The highest BCUT2D eigenvalue weighted by atomic mass is 16.5. The molecule has 1 aromatic heterocycles. The summed E-state index contributed by atoms with van der Waals surface area (Å²) in [5.74, 6) is 0.209. The van der Waals surface area contributed by atoms with Crippen LogP contribution in [0.4, 0.5) is 4.79 Å². The van der Waals surface area contributed by atoms with Gasteiger partial charge in [0.15, 0.2) is 0 Å². The van der Waals surface area contributed by atoms with Gasteiger partial charge in [-0.1, -0.05) is 6.07 Å². The van der Waals surface area contributed by atoms with Crippen molar-refractivity contribution in [3.8, 4) is 5.88 Å². The molecule has 0 spiro atoms. The van der Waals surface area contributed by atoms with Crippen molar-refractivity contribution in [2.75, 3.05) is 20.2 Å². The van der Waals surface area contributed by atoms with Crippen molar-refractivity contribution < 1.29 is 14.3 Å². The van der Waals surface area contributed by atoms with Gasteiger partial charge in [-0.05, 0) is 18.9 Å². The number of hydrogen-bond acceptors (Lipinski definition) is 4. The van der Waals surface area contributed by atoms with E-state index in [4.69, 9.17) is 10.5 Å². The molecule has 0 radical (unpaired) electrons. The van der Waals surface area contributed by atoms with E-state index in [9.17, 15) is 9.59 Å². The number of nitrogens with one attached hydrogen (secondary N) is 1. The molecule has 0 aliphatic carbocycles. The van der Waals surface area contributed by atoms with Gasteiger partial charge >= 0.3 is 6.03 Å². The number of hydrogen-bond donors (Lipinski definition) is 2. The second kappa shape index (κ2) is 6.92. The minimum absolute atomic E-state index is 0.0770. The predicted molar refractivity (Wildman–Crippen MR) is 76.5 cm³/mol. The topological polar surface area (TPSA) is 97.6 Å². The van der Waals surface area contributed by atoms with Crippen molar-refractivity contribution >= 4 is 11.9 Å². The van der Waals surface area contributed by atoms with Gasteiger partial charge < -0.3 is 20.7 Å². The number of primary amides is 1. The summed E-state index contributed by atoms with van der Waals surface area (Å²) in [6.45, 7) is 1.35. The van der Waals surface area contributed by atoms with Crippen molar-refractivity contribution in [2.24, 2.45) is 11.7 Å². The highest BCUT2D eigenvalue weighted by Gasteiger charge is 2.27. The second-order valence-electron chi connectivity index (χ2n) is 5.01. The van der Waals surface area contributed by atoms with Gasteiger partial charge in [0.1, 0.15) is 0 Å². The van der Waals surface area contributed by atoms with E-state index in [0.717, 1.165) is 18.4 Å². The first-order chi connectivity index (χ1) is 10.1. The number of nitrogens with two attached hydrogens (primary N) is 1. The van der Waals surface area contributed by atoms with Gasteiger partial charge in [-0.15, -0.1) is 0 Å². The molecule has 3 amide bonds. The number of likely N-dealkylation sites (tertiary alicyclic amines) is 1. The molecule has 2 rings (SSSR count). The molecule has 7 heteroatoms. The lowest BCUT2D eigenvalue weighted by atomic mass is 9.97. The lowest BCUT2D eigenvalue weighted by Crippen LogP contribution is -2.47. The molecule has 1 fully saturated rings. The SMILES string of the molecule is COc1ncccc1CNC(=O)[C@H]1CCCN(C(N)=O)C1. The van der Waals surface area contributed by atoms with Crippen LogP contribution in [0.2, 0.25) is 0 Å². The van der Waals surface area contributed by atoms with Gasteiger partial charge in [0, 0.05) is 31.4 Å². The number of piperidine rings is 1. The molecule has 114 valence electrons. The number of carbonyl (C=O) groups is 2. The molecular formula is C14H20N4O3. The zero-order valence-electron chi connectivity index (χ0n) is 12.0. The summed E-state index contributed by atoms with van der Waals surface area (Å²) in [6.07, 6.45) is 3.19. The number of pyridine rings is 1. The third-order valence-corrected chi connectivity index (χ3v) is 3.60. The summed E-state index contributed by atoms with van der Waals surface area (Å²) in [6, 6.07) is 3.17. The van der Waals surface area contributed by atoms with Crippen LogP contribution in [0.3, 0.4) is 0 Å². The van der Waals surface area contributed by atoms with E-state index in [-0.39, 0.29) is 11.8 Å². The van der Waals surface area contributed by atoms with E-state index in [1.807, 2.05) is 6.07 Å². The van der Waals surface area contributed by atoms with Gasteiger partial charge in [0.2, 0.25) is 11.8 Å². The average Bonchev–Trinajstić information content (AvgIpc) is 2.52. The normalized spacial score (nSPS) is 18.1. The Morgan fingerprint density at radius 2 is 2.38 bits per heavy atom. The predicted octanol–water partition coefficient (Wildman–Crippen LogP) is 0.497.